The molecule has 0 aliphatic carbocycles. The number of nitrogens with one attached hydrogen (secondary N) is 1. The Hall–Kier alpha value is -2.96. The van der Waals surface area contributed by atoms with Gasteiger partial charge in [0.15, 0.2) is 0 Å². The van der Waals surface area contributed by atoms with Gasteiger partial charge in [0, 0.05) is 25.0 Å². The molecule has 0 spiro atoms. The SMILES string of the molecule is CCOC(=O)c1ccc(NC(=O)c2cnc(N3CCCCC3)nc2C)cc1. The van der Waals surface area contributed by atoms with Gasteiger partial charge in [-0.25, -0.2) is 14.8 Å². The van der Waals surface area contributed by atoms with Gasteiger partial charge in [-0.1, -0.05) is 0 Å². The molecule has 142 valence electrons. The summed E-state index contributed by atoms with van der Waals surface area (Å²) in [7, 11) is 0. The van der Waals surface area contributed by atoms with Gasteiger partial charge in [0.25, 0.3) is 5.91 Å². The fourth-order valence-electron chi connectivity index (χ4n) is 3.03. The zero-order valence-corrected chi connectivity index (χ0v) is 15.7. The van der Waals surface area contributed by atoms with Crippen LogP contribution in [0.2, 0.25) is 0 Å². The predicted octanol–water partition coefficient (Wildman–Crippen LogP) is 3.20. The van der Waals surface area contributed by atoms with Gasteiger partial charge >= 0.3 is 5.97 Å². The maximum Gasteiger partial charge on any atom is 0.338 e. The number of benzene rings is 1. The van der Waals surface area contributed by atoms with Crippen LogP contribution in [0.25, 0.3) is 0 Å². The van der Waals surface area contributed by atoms with Crippen molar-refractivity contribution in [2.45, 2.75) is 33.1 Å². The second-order valence-electron chi connectivity index (χ2n) is 6.47. The Bertz CT molecular complexity index is 814. The van der Waals surface area contributed by atoms with E-state index in [-0.39, 0.29) is 11.9 Å². The third-order valence-corrected chi connectivity index (χ3v) is 4.50. The molecule has 3 rings (SSSR count). The minimum absolute atomic E-state index is 0.276. The normalized spacial score (nSPS) is 13.9. The zero-order valence-electron chi connectivity index (χ0n) is 15.7. The number of aryl methyl sites for hydroxylation is 1. The molecule has 27 heavy (non-hydrogen) atoms. The first-order valence-electron chi connectivity index (χ1n) is 9.25. The van der Waals surface area contributed by atoms with Crippen molar-refractivity contribution in [2.24, 2.45) is 0 Å². The number of aromatic nitrogens is 2. The fraction of sp³-hybridized carbons (Fsp3) is 0.400. The lowest BCUT2D eigenvalue weighted by Crippen LogP contribution is -2.31. The number of nitrogens with zero attached hydrogens (tertiary/aromatic N) is 3. The second-order valence-corrected chi connectivity index (χ2v) is 6.47. The van der Waals surface area contributed by atoms with E-state index in [1.165, 1.54) is 6.42 Å². The fourth-order valence-corrected chi connectivity index (χ4v) is 3.03. The molecule has 1 aliphatic rings. The molecule has 0 saturated carbocycles. The summed E-state index contributed by atoms with van der Waals surface area (Å²) < 4.78 is 4.95. The first-order chi connectivity index (χ1) is 13.1. The van der Waals surface area contributed by atoms with Gasteiger partial charge in [0.05, 0.1) is 23.4 Å². The van der Waals surface area contributed by atoms with Gasteiger partial charge in [-0.15, -0.1) is 0 Å². The van der Waals surface area contributed by atoms with Crippen molar-refractivity contribution < 1.29 is 14.3 Å². The monoisotopic (exact) mass is 368 g/mol. The van der Waals surface area contributed by atoms with Gasteiger partial charge in [-0.05, 0) is 57.4 Å². The first-order valence-corrected chi connectivity index (χ1v) is 9.25. The van der Waals surface area contributed by atoms with E-state index in [0.717, 1.165) is 25.9 Å². The highest BCUT2D eigenvalue weighted by molar-refractivity contribution is 6.05. The van der Waals surface area contributed by atoms with Gasteiger partial charge < -0.3 is 15.0 Å². The Balaban J connectivity index is 1.67. The number of carbonyl (C=O) groups excluding carboxylic acids is 2. The number of hydrogen-bond acceptors (Lipinski definition) is 6. The first kappa shape index (κ1) is 18.8. The van der Waals surface area contributed by atoms with E-state index in [1.807, 2.05) is 6.92 Å². The summed E-state index contributed by atoms with van der Waals surface area (Å²) >= 11 is 0. The average Bonchev–Trinajstić information content (AvgIpc) is 2.69. The molecule has 2 heterocycles. The highest BCUT2D eigenvalue weighted by Gasteiger charge is 2.17. The van der Waals surface area contributed by atoms with E-state index < -0.39 is 0 Å². The molecule has 0 radical (unpaired) electrons. The van der Waals surface area contributed by atoms with Gasteiger partial charge in [0.1, 0.15) is 0 Å². The van der Waals surface area contributed by atoms with Crippen molar-refractivity contribution in [3.8, 4) is 0 Å². The summed E-state index contributed by atoms with van der Waals surface area (Å²) in [5.41, 5.74) is 2.12. The lowest BCUT2D eigenvalue weighted by Gasteiger charge is -2.26. The van der Waals surface area contributed by atoms with Crippen molar-refractivity contribution in [1.29, 1.82) is 0 Å². The molecule has 1 aliphatic heterocycles. The molecule has 0 atom stereocenters. The number of hydrogen-bond donors (Lipinski definition) is 1. The molecule has 1 aromatic carbocycles. The van der Waals surface area contributed by atoms with Crippen LogP contribution >= 0.6 is 0 Å². The summed E-state index contributed by atoms with van der Waals surface area (Å²) in [5.74, 6) is 0.0250. The Labute approximate surface area is 158 Å². The standard InChI is InChI=1S/C20H24N4O3/c1-3-27-19(26)15-7-9-16(10-8-15)23-18(25)17-13-21-20(22-14(17)2)24-11-5-4-6-12-24/h7-10,13H,3-6,11-12H2,1-2H3,(H,23,25). The summed E-state index contributed by atoms with van der Waals surface area (Å²) in [6.45, 7) is 5.81. The van der Waals surface area contributed by atoms with E-state index in [9.17, 15) is 9.59 Å². The maximum atomic E-state index is 12.5. The van der Waals surface area contributed by atoms with Gasteiger partial charge in [-0.3, -0.25) is 4.79 Å². The number of carbonyl (C=O) groups is 2. The van der Waals surface area contributed by atoms with E-state index >= 15 is 0 Å². The average molecular weight is 368 g/mol. The topological polar surface area (TPSA) is 84.4 Å². The van der Waals surface area contributed by atoms with Crippen LogP contribution in [-0.2, 0) is 4.74 Å². The summed E-state index contributed by atoms with van der Waals surface area (Å²) in [5, 5.41) is 2.81. The third kappa shape index (κ3) is 4.61. The minimum atomic E-state index is -0.382. The lowest BCUT2D eigenvalue weighted by atomic mass is 10.1. The van der Waals surface area contributed by atoms with Crippen LogP contribution in [0.1, 0.15) is 52.6 Å². The quantitative estimate of drug-likeness (QED) is 0.816. The summed E-state index contributed by atoms with van der Waals surface area (Å²) in [4.78, 5) is 35.3. The van der Waals surface area contributed by atoms with E-state index in [4.69, 9.17) is 4.74 Å². The van der Waals surface area contributed by atoms with Crippen molar-refractivity contribution in [3.63, 3.8) is 0 Å². The van der Waals surface area contributed by atoms with Gasteiger partial charge in [0.2, 0.25) is 5.95 Å². The smallest absolute Gasteiger partial charge is 0.338 e. The molecule has 1 N–H and O–H groups in total. The van der Waals surface area contributed by atoms with Crippen LogP contribution in [0.4, 0.5) is 11.6 Å². The number of amides is 1. The predicted molar refractivity (Wildman–Crippen MR) is 103 cm³/mol. The molecule has 7 heteroatoms. The molecule has 7 nitrogen and oxygen atoms in total. The molecular formula is C20H24N4O3. The van der Waals surface area contributed by atoms with Crippen LogP contribution in [0.15, 0.2) is 30.5 Å². The Morgan fingerprint density at radius 2 is 1.85 bits per heavy atom. The van der Waals surface area contributed by atoms with Crippen LogP contribution in [0.5, 0.6) is 0 Å². The van der Waals surface area contributed by atoms with Crippen LogP contribution in [0.3, 0.4) is 0 Å². The summed E-state index contributed by atoms with van der Waals surface area (Å²) in [6.07, 6.45) is 5.11. The number of piperidine rings is 1. The Kier molecular flexibility index (Phi) is 6.01. The zero-order chi connectivity index (χ0) is 19.2. The highest BCUT2D eigenvalue weighted by atomic mass is 16.5. The number of rotatable bonds is 5. The lowest BCUT2D eigenvalue weighted by molar-refractivity contribution is 0.0526. The number of ether oxygens (including phenoxy) is 1. The molecule has 0 bridgehead atoms. The molecule has 0 unspecified atom stereocenters. The number of esters is 1. The molecule has 1 saturated heterocycles. The van der Waals surface area contributed by atoms with Crippen molar-refractivity contribution in [2.75, 3.05) is 29.9 Å². The van der Waals surface area contributed by atoms with Gasteiger partial charge in [-0.2, -0.15) is 0 Å². The molecule has 2 aromatic rings. The second kappa shape index (κ2) is 8.62. The number of anilines is 2. The maximum absolute atomic E-state index is 12.5. The van der Waals surface area contributed by atoms with Crippen molar-refractivity contribution >= 4 is 23.5 Å². The van der Waals surface area contributed by atoms with Crippen LogP contribution in [-0.4, -0.2) is 41.5 Å². The molecule has 1 fully saturated rings. The van der Waals surface area contributed by atoms with Crippen LogP contribution in [0, 0.1) is 6.92 Å². The van der Waals surface area contributed by atoms with E-state index in [0.29, 0.717) is 35.1 Å². The van der Waals surface area contributed by atoms with Crippen molar-refractivity contribution in [1.82, 2.24) is 9.97 Å². The molecule has 1 aromatic heterocycles. The molecular weight excluding hydrogens is 344 g/mol. The van der Waals surface area contributed by atoms with E-state index in [2.05, 4.69) is 20.2 Å². The minimum Gasteiger partial charge on any atom is -0.462 e. The third-order valence-electron chi connectivity index (χ3n) is 4.50. The van der Waals surface area contributed by atoms with E-state index in [1.54, 1.807) is 37.4 Å². The van der Waals surface area contributed by atoms with Crippen LogP contribution < -0.4 is 10.2 Å². The Morgan fingerprint density at radius 3 is 2.48 bits per heavy atom. The van der Waals surface area contributed by atoms with Crippen molar-refractivity contribution in [3.05, 3.63) is 47.3 Å². The Morgan fingerprint density at radius 1 is 1.15 bits per heavy atom. The largest absolute Gasteiger partial charge is 0.462 e. The highest BCUT2D eigenvalue weighted by Crippen LogP contribution is 2.18. The molecule has 1 amide bonds. The summed E-state index contributed by atoms with van der Waals surface area (Å²) in [6, 6.07) is 6.58.